The maximum atomic E-state index is 11.1. The van der Waals surface area contributed by atoms with Crippen molar-refractivity contribution in [1.29, 1.82) is 0 Å². The van der Waals surface area contributed by atoms with Crippen LogP contribution in [0.2, 0.25) is 10.0 Å². The molecule has 2 aromatic rings. The number of aromatic nitrogens is 1. The smallest absolute Gasteiger partial charge is 0.261 e. The van der Waals surface area contributed by atoms with Crippen molar-refractivity contribution in [3.8, 4) is 11.3 Å². The van der Waals surface area contributed by atoms with Gasteiger partial charge in [-0.15, -0.1) is 11.3 Å². The van der Waals surface area contributed by atoms with E-state index in [4.69, 9.17) is 28.9 Å². The van der Waals surface area contributed by atoms with Crippen molar-refractivity contribution in [3.05, 3.63) is 38.6 Å². The quantitative estimate of drug-likeness (QED) is 0.913. The molecule has 0 bridgehead atoms. The molecule has 0 aliphatic rings. The molecule has 0 saturated heterocycles. The number of benzene rings is 1. The molecular weight excluding hydrogens is 267 g/mol. The van der Waals surface area contributed by atoms with Crippen LogP contribution in [0.5, 0.6) is 0 Å². The van der Waals surface area contributed by atoms with Gasteiger partial charge in [0.15, 0.2) is 0 Å². The second kappa shape index (κ2) is 4.41. The minimum Gasteiger partial charge on any atom is -0.365 e. The van der Waals surface area contributed by atoms with E-state index in [2.05, 4.69) is 4.98 Å². The van der Waals surface area contributed by atoms with E-state index >= 15 is 0 Å². The van der Waals surface area contributed by atoms with Crippen LogP contribution in [0.1, 0.15) is 9.67 Å². The van der Waals surface area contributed by atoms with E-state index in [0.717, 1.165) is 5.56 Å². The van der Waals surface area contributed by atoms with Crippen molar-refractivity contribution in [1.82, 2.24) is 4.98 Å². The first-order chi connectivity index (χ1) is 7.59. The van der Waals surface area contributed by atoms with Gasteiger partial charge in [0.05, 0.1) is 21.2 Å². The van der Waals surface area contributed by atoms with Crippen LogP contribution in [0.3, 0.4) is 0 Å². The Morgan fingerprint density at radius 1 is 1.31 bits per heavy atom. The minimum absolute atomic E-state index is 0.415. The average Bonchev–Trinajstić information content (AvgIpc) is 2.71. The number of nitrogens with two attached hydrogens (primary N) is 1. The van der Waals surface area contributed by atoms with Gasteiger partial charge in [-0.3, -0.25) is 4.79 Å². The third-order valence-electron chi connectivity index (χ3n) is 1.98. The molecule has 0 aliphatic heterocycles. The summed E-state index contributed by atoms with van der Waals surface area (Å²) in [5.74, 6) is -0.497. The van der Waals surface area contributed by atoms with Gasteiger partial charge in [-0.05, 0) is 12.1 Å². The van der Waals surface area contributed by atoms with Gasteiger partial charge in [0.1, 0.15) is 4.88 Å². The summed E-state index contributed by atoms with van der Waals surface area (Å²) in [6.45, 7) is 0. The van der Waals surface area contributed by atoms with E-state index in [1.807, 2.05) is 0 Å². The Morgan fingerprint density at radius 2 is 2.06 bits per heavy atom. The molecule has 0 saturated carbocycles. The Kier molecular flexibility index (Phi) is 3.14. The number of thiazole rings is 1. The van der Waals surface area contributed by atoms with Gasteiger partial charge in [0, 0.05) is 5.56 Å². The predicted molar refractivity (Wildman–Crippen MR) is 66.1 cm³/mol. The first-order valence-electron chi connectivity index (χ1n) is 4.28. The molecule has 3 nitrogen and oxygen atoms in total. The highest BCUT2D eigenvalue weighted by Gasteiger charge is 2.14. The average molecular weight is 273 g/mol. The number of amides is 1. The third kappa shape index (κ3) is 2.04. The molecule has 1 aromatic heterocycles. The second-order valence-corrected chi connectivity index (χ2v) is 4.69. The lowest BCUT2D eigenvalue weighted by Crippen LogP contribution is -2.10. The van der Waals surface area contributed by atoms with Crippen LogP contribution in [0.25, 0.3) is 11.3 Å². The van der Waals surface area contributed by atoms with Crippen LogP contribution in [0.4, 0.5) is 0 Å². The van der Waals surface area contributed by atoms with Crippen molar-refractivity contribution in [2.45, 2.75) is 0 Å². The first kappa shape index (κ1) is 11.4. The largest absolute Gasteiger partial charge is 0.365 e. The molecule has 6 heteroatoms. The highest BCUT2D eigenvalue weighted by atomic mass is 35.5. The summed E-state index contributed by atoms with van der Waals surface area (Å²) in [6, 6.07) is 5.06. The summed E-state index contributed by atoms with van der Waals surface area (Å²) in [7, 11) is 0. The number of rotatable bonds is 2. The lowest BCUT2D eigenvalue weighted by molar-refractivity contribution is 0.100. The van der Waals surface area contributed by atoms with Gasteiger partial charge >= 0.3 is 0 Å². The number of hydrogen-bond donors (Lipinski definition) is 1. The van der Waals surface area contributed by atoms with Crippen molar-refractivity contribution in [2.75, 3.05) is 0 Å². The van der Waals surface area contributed by atoms with Crippen molar-refractivity contribution < 1.29 is 4.79 Å². The molecule has 0 aliphatic carbocycles. The van der Waals surface area contributed by atoms with Gasteiger partial charge in [-0.25, -0.2) is 4.98 Å². The molecule has 2 rings (SSSR count). The maximum Gasteiger partial charge on any atom is 0.261 e. The van der Waals surface area contributed by atoms with Crippen LogP contribution >= 0.6 is 34.5 Å². The molecule has 0 atom stereocenters. The van der Waals surface area contributed by atoms with Gasteiger partial charge in [-0.1, -0.05) is 29.3 Å². The Balaban J connectivity index is 2.54. The molecule has 0 radical (unpaired) electrons. The van der Waals surface area contributed by atoms with Gasteiger partial charge < -0.3 is 5.73 Å². The van der Waals surface area contributed by atoms with Gasteiger partial charge in [-0.2, -0.15) is 0 Å². The third-order valence-corrected chi connectivity index (χ3v) is 3.56. The number of hydrogen-bond acceptors (Lipinski definition) is 3. The van der Waals surface area contributed by atoms with E-state index in [1.165, 1.54) is 11.3 Å². The van der Waals surface area contributed by atoms with Crippen LogP contribution in [-0.2, 0) is 0 Å². The molecular formula is C10H6Cl2N2OS. The number of nitrogens with zero attached hydrogens (tertiary/aromatic N) is 1. The van der Waals surface area contributed by atoms with Crippen LogP contribution in [0.15, 0.2) is 23.7 Å². The lowest BCUT2D eigenvalue weighted by Gasteiger charge is -2.01. The van der Waals surface area contributed by atoms with E-state index in [0.29, 0.717) is 20.6 Å². The van der Waals surface area contributed by atoms with E-state index in [9.17, 15) is 4.79 Å². The Hall–Kier alpha value is -1.10. The molecule has 0 unspecified atom stereocenters. The summed E-state index contributed by atoms with van der Waals surface area (Å²) in [5, 5.41) is 0.879. The SMILES string of the molecule is NC(=O)c1scnc1-c1ccc(Cl)c(Cl)c1. The fourth-order valence-electron chi connectivity index (χ4n) is 1.27. The standard InChI is InChI=1S/C10H6Cl2N2OS/c11-6-2-1-5(3-7(6)12)8-9(10(13)15)16-4-14-8/h1-4H,(H2,13,15). The lowest BCUT2D eigenvalue weighted by atomic mass is 10.1. The van der Waals surface area contributed by atoms with Crippen LogP contribution < -0.4 is 5.73 Å². The fraction of sp³-hybridized carbons (Fsp3) is 0. The maximum absolute atomic E-state index is 11.1. The second-order valence-electron chi connectivity index (χ2n) is 3.02. The Morgan fingerprint density at radius 3 is 2.69 bits per heavy atom. The molecule has 16 heavy (non-hydrogen) atoms. The number of primary amides is 1. The van der Waals surface area contributed by atoms with Gasteiger partial charge in [0.25, 0.3) is 5.91 Å². The van der Waals surface area contributed by atoms with Crippen LogP contribution in [0, 0.1) is 0 Å². The topological polar surface area (TPSA) is 56.0 Å². The summed E-state index contributed by atoms with van der Waals surface area (Å²) < 4.78 is 0. The number of halogens is 2. The van der Waals surface area contributed by atoms with Gasteiger partial charge in [0.2, 0.25) is 0 Å². The molecule has 0 spiro atoms. The van der Waals surface area contributed by atoms with E-state index in [-0.39, 0.29) is 0 Å². The highest BCUT2D eigenvalue weighted by molar-refractivity contribution is 7.12. The van der Waals surface area contributed by atoms with Crippen molar-refractivity contribution >= 4 is 40.4 Å². The summed E-state index contributed by atoms with van der Waals surface area (Å²) in [6.07, 6.45) is 0. The molecule has 1 heterocycles. The molecule has 1 aromatic carbocycles. The summed E-state index contributed by atoms with van der Waals surface area (Å²) >= 11 is 12.9. The Bertz CT molecular complexity index is 554. The highest BCUT2D eigenvalue weighted by Crippen LogP contribution is 2.30. The zero-order valence-corrected chi connectivity index (χ0v) is 10.2. The molecule has 82 valence electrons. The number of carbonyl (C=O) groups excluding carboxylic acids is 1. The van der Waals surface area contributed by atoms with Crippen molar-refractivity contribution in [2.24, 2.45) is 5.73 Å². The van der Waals surface area contributed by atoms with E-state index in [1.54, 1.807) is 23.7 Å². The normalized spacial score (nSPS) is 10.4. The zero-order valence-electron chi connectivity index (χ0n) is 7.91. The molecule has 1 amide bonds. The van der Waals surface area contributed by atoms with E-state index < -0.39 is 5.91 Å². The predicted octanol–water partition coefficient (Wildman–Crippen LogP) is 3.22. The molecule has 0 fully saturated rings. The van der Waals surface area contributed by atoms with Crippen molar-refractivity contribution in [3.63, 3.8) is 0 Å². The zero-order chi connectivity index (χ0) is 11.7. The number of carbonyl (C=O) groups is 1. The first-order valence-corrected chi connectivity index (χ1v) is 5.92. The molecule has 2 N–H and O–H groups in total. The monoisotopic (exact) mass is 272 g/mol. The Labute approximate surface area is 106 Å². The fourth-order valence-corrected chi connectivity index (χ4v) is 2.23. The van der Waals surface area contributed by atoms with Crippen LogP contribution in [-0.4, -0.2) is 10.9 Å². The summed E-state index contributed by atoms with van der Waals surface area (Å²) in [5.41, 5.74) is 8.07. The minimum atomic E-state index is -0.497. The summed E-state index contributed by atoms with van der Waals surface area (Å²) in [4.78, 5) is 15.7.